The summed E-state index contributed by atoms with van der Waals surface area (Å²) in [5.41, 5.74) is 0. The summed E-state index contributed by atoms with van der Waals surface area (Å²) >= 11 is 3.35. The third kappa shape index (κ3) is 3.45. The summed E-state index contributed by atoms with van der Waals surface area (Å²) in [7, 11) is -3.29. The van der Waals surface area contributed by atoms with E-state index in [1.165, 1.54) is 0 Å². The number of hydrogen-bond acceptors (Lipinski definition) is 3. The molecule has 2 fully saturated rings. The molecule has 0 bridgehead atoms. The normalized spacial score (nSPS) is 29.1. The summed E-state index contributed by atoms with van der Waals surface area (Å²) in [6.07, 6.45) is 4.20. The van der Waals surface area contributed by atoms with E-state index in [4.69, 9.17) is 4.74 Å². The Labute approximate surface area is 118 Å². The van der Waals surface area contributed by atoms with E-state index in [0.717, 1.165) is 25.7 Å². The Kier molecular flexibility index (Phi) is 5.44. The van der Waals surface area contributed by atoms with Crippen molar-refractivity contribution in [1.82, 2.24) is 8.61 Å². The molecule has 0 N–H and O–H groups in total. The summed E-state index contributed by atoms with van der Waals surface area (Å²) in [4.78, 5) is 0. The van der Waals surface area contributed by atoms with Gasteiger partial charge < -0.3 is 4.74 Å². The van der Waals surface area contributed by atoms with Gasteiger partial charge in [0.05, 0.1) is 12.7 Å². The fourth-order valence-corrected chi connectivity index (χ4v) is 4.53. The Hall–Kier alpha value is 0.310. The van der Waals surface area contributed by atoms with Crippen molar-refractivity contribution in [2.45, 2.75) is 31.8 Å². The number of rotatable bonds is 3. The summed E-state index contributed by atoms with van der Waals surface area (Å²) < 4.78 is 33.8. The van der Waals surface area contributed by atoms with Gasteiger partial charge >= 0.3 is 0 Å². The smallest absolute Gasteiger partial charge is 0.282 e. The molecule has 5 nitrogen and oxygen atoms in total. The van der Waals surface area contributed by atoms with Crippen molar-refractivity contribution in [3.05, 3.63) is 0 Å². The highest BCUT2D eigenvalue weighted by Crippen LogP contribution is 2.19. The minimum atomic E-state index is -3.29. The van der Waals surface area contributed by atoms with Gasteiger partial charge in [-0.15, -0.1) is 0 Å². The molecular weight excluding hydrogens is 320 g/mol. The van der Waals surface area contributed by atoms with Gasteiger partial charge in [-0.05, 0) is 12.8 Å². The van der Waals surface area contributed by atoms with Crippen LogP contribution >= 0.6 is 15.9 Å². The molecule has 2 aliphatic rings. The van der Waals surface area contributed by atoms with Crippen LogP contribution in [0.15, 0.2) is 0 Å². The monoisotopic (exact) mass is 340 g/mol. The van der Waals surface area contributed by atoms with Crippen molar-refractivity contribution in [2.75, 3.05) is 38.1 Å². The highest BCUT2D eigenvalue weighted by molar-refractivity contribution is 9.09. The predicted molar refractivity (Wildman–Crippen MR) is 74.1 cm³/mol. The van der Waals surface area contributed by atoms with E-state index in [1.54, 1.807) is 8.61 Å². The molecule has 18 heavy (non-hydrogen) atoms. The average molecular weight is 341 g/mol. The lowest BCUT2D eigenvalue weighted by Gasteiger charge is -2.34. The first-order chi connectivity index (χ1) is 8.64. The second kappa shape index (κ2) is 6.65. The predicted octanol–water partition coefficient (Wildman–Crippen LogP) is 1.20. The van der Waals surface area contributed by atoms with Crippen molar-refractivity contribution in [1.29, 1.82) is 0 Å². The van der Waals surface area contributed by atoms with Crippen molar-refractivity contribution in [2.24, 2.45) is 0 Å². The third-order valence-electron chi connectivity index (χ3n) is 3.49. The van der Waals surface area contributed by atoms with Crippen molar-refractivity contribution in [3.8, 4) is 0 Å². The lowest BCUT2D eigenvalue weighted by atomic mass is 10.2. The van der Waals surface area contributed by atoms with Crippen LogP contribution in [0.25, 0.3) is 0 Å². The van der Waals surface area contributed by atoms with Crippen LogP contribution in [-0.4, -0.2) is 61.2 Å². The molecule has 2 rings (SSSR count). The van der Waals surface area contributed by atoms with Crippen LogP contribution in [0.3, 0.4) is 0 Å². The number of hydrogen-bond donors (Lipinski definition) is 0. The van der Waals surface area contributed by atoms with Crippen LogP contribution in [0.1, 0.15) is 25.7 Å². The lowest BCUT2D eigenvalue weighted by Crippen LogP contribution is -2.51. The lowest BCUT2D eigenvalue weighted by molar-refractivity contribution is 0.0117. The standard InChI is InChI=1S/C11H21BrN2O3S/c12-9-11-10-14(7-8-17-11)18(15,16)13-5-3-1-2-4-6-13/h11H,1-10H2. The van der Waals surface area contributed by atoms with E-state index in [2.05, 4.69) is 15.9 Å². The molecule has 0 spiro atoms. The van der Waals surface area contributed by atoms with Gasteiger partial charge in [-0.3, -0.25) is 0 Å². The first-order valence-electron chi connectivity index (χ1n) is 6.57. The molecule has 7 heteroatoms. The largest absolute Gasteiger partial charge is 0.375 e. The van der Waals surface area contributed by atoms with Crippen LogP contribution < -0.4 is 0 Å². The van der Waals surface area contributed by atoms with Gasteiger partial charge in [0.2, 0.25) is 0 Å². The van der Waals surface area contributed by atoms with Crippen LogP contribution in [0.5, 0.6) is 0 Å². The summed E-state index contributed by atoms with van der Waals surface area (Å²) in [5, 5.41) is 0.680. The number of alkyl halides is 1. The van der Waals surface area contributed by atoms with E-state index in [-0.39, 0.29) is 6.10 Å². The molecule has 0 aromatic heterocycles. The number of nitrogens with zero attached hydrogens (tertiary/aromatic N) is 2. The Morgan fingerprint density at radius 1 is 1.06 bits per heavy atom. The summed E-state index contributed by atoms with van der Waals surface area (Å²) in [6.45, 7) is 2.76. The van der Waals surface area contributed by atoms with E-state index >= 15 is 0 Å². The van der Waals surface area contributed by atoms with Crippen molar-refractivity contribution >= 4 is 26.1 Å². The first-order valence-corrected chi connectivity index (χ1v) is 9.09. The molecule has 1 unspecified atom stereocenters. The van der Waals surface area contributed by atoms with Gasteiger partial charge in [0.15, 0.2) is 0 Å². The van der Waals surface area contributed by atoms with Gasteiger partial charge in [-0.2, -0.15) is 17.0 Å². The van der Waals surface area contributed by atoms with Crippen molar-refractivity contribution < 1.29 is 13.2 Å². The topological polar surface area (TPSA) is 49.9 Å². The zero-order chi connectivity index (χ0) is 13.0. The minimum Gasteiger partial charge on any atom is -0.375 e. The van der Waals surface area contributed by atoms with E-state index in [0.29, 0.717) is 38.1 Å². The molecule has 0 saturated carbocycles. The Balaban J connectivity index is 2.04. The zero-order valence-electron chi connectivity index (χ0n) is 10.6. The molecule has 2 heterocycles. The molecule has 1 atom stereocenters. The van der Waals surface area contributed by atoms with Crippen LogP contribution in [-0.2, 0) is 14.9 Å². The average Bonchev–Trinajstić information content (AvgIpc) is 2.68. The van der Waals surface area contributed by atoms with Crippen LogP contribution in [0.4, 0.5) is 0 Å². The second-order valence-electron chi connectivity index (χ2n) is 4.83. The van der Waals surface area contributed by atoms with E-state index in [1.807, 2.05) is 0 Å². The van der Waals surface area contributed by atoms with Gasteiger partial charge in [0.1, 0.15) is 0 Å². The highest BCUT2D eigenvalue weighted by Gasteiger charge is 2.33. The maximum Gasteiger partial charge on any atom is 0.282 e. The molecule has 106 valence electrons. The molecule has 0 aliphatic carbocycles. The maximum atomic E-state index is 12.5. The third-order valence-corrected chi connectivity index (χ3v) is 6.22. The fourth-order valence-electron chi connectivity index (χ4n) is 2.43. The Morgan fingerprint density at radius 2 is 1.72 bits per heavy atom. The fraction of sp³-hybridized carbons (Fsp3) is 1.00. The van der Waals surface area contributed by atoms with Crippen LogP contribution in [0.2, 0.25) is 0 Å². The zero-order valence-corrected chi connectivity index (χ0v) is 13.0. The number of ether oxygens (including phenoxy) is 1. The number of halogens is 1. The van der Waals surface area contributed by atoms with Gasteiger partial charge in [0.25, 0.3) is 10.2 Å². The minimum absolute atomic E-state index is 0.0273. The summed E-state index contributed by atoms with van der Waals surface area (Å²) in [5.74, 6) is 0. The molecular formula is C11H21BrN2O3S. The van der Waals surface area contributed by atoms with Crippen molar-refractivity contribution in [3.63, 3.8) is 0 Å². The quantitative estimate of drug-likeness (QED) is 0.725. The van der Waals surface area contributed by atoms with E-state index in [9.17, 15) is 8.42 Å². The molecule has 0 radical (unpaired) electrons. The van der Waals surface area contributed by atoms with Crippen LogP contribution in [0, 0.1) is 0 Å². The SMILES string of the molecule is O=S(=O)(N1CCCCCC1)N1CCOC(CBr)C1. The molecule has 0 aromatic rings. The molecule has 2 saturated heterocycles. The summed E-state index contributed by atoms with van der Waals surface area (Å²) in [6, 6.07) is 0. The molecule has 2 aliphatic heterocycles. The van der Waals surface area contributed by atoms with Gasteiger partial charge in [-0.1, -0.05) is 28.8 Å². The van der Waals surface area contributed by atoms with E-state index < -0.39 is 10.2 Å². The van der Waals surface area contributed by atoms with Gasteiger partial charge in [0, 0.05) is 31.5 Å². The highest BCUT2D eigenvalue weighted by atomic mass is 79.9. The number of morpholine rings is 1. The molecule has 0 amide bonds. The molecule has 0 aromatic carbocycles. The van der Waals surface area contributed by atoms with Gasteiger partial charge in [-0.25, -0.2) is 0 Å². The first kappa shape index (κ1) is 14.7. The Bertz CT molecular complexity index is 355. The Morgan fingerprint density at radius 3 is 2.33 bits per heavy atom. The maximum absolute atomic E-state index is 12.5. The second-order valence-corrected chi connectivity index (χ2v) is 7.40.